The predicted octanol–water partition coefficient (Wildman–Crippen LogP) is 3.53. The van der Waals surface area contributed by atoms with Gasteiger partial charge in [0.1, 0.15) is 11.6 Å². The number of carbonyl (C=O) groups is 1. The fourth-order valence-electron chi connectivity index (χ4n) is 6.82. The Labute approximate surface area is 198 Å². The third-order valence-corrected chi connectivity index (χ3v) is 8.81. The number of hydrogen-bond acceptors (Lipinski definition) is 6. The van der Waals surface area contributed by atoms with Crippen molar-refractivity contribution < 1.29 is 14.1 Å². The van der Waals surface area contributed by atoms with Gasteiger partial charge in [0.15, 0.2) is 5.82 Å². The van der Waals surface area contributed by atoms with E-state index < -0.39 is 0 Å². The van der Waals surface area contributed by atoms with Crippen molar-refractivity contribution >= 4 is 5.91 Å². The van der Waals surface area contributed by atoms with E-state index in [1.807, 2.05) is 29.4 Å². The topological polar surface area (TPSA) is 86.3 Å². The maximum Gasteiger partial charge on any atom is 0.230 e. The van der Waals surface area contributed by atoms with Crippen LogP contribution >= 0.6 is 0 Å². The van der Waals surface area contributed by atoms with Crippen molar-refractivity contribution in [1.82, 2.24) is 24.6 Å². The summed E-state index contributed by atoms with van der Waals surface area (Å²) in [6.07, 6.45) is 9.19. The lowest BCUT2D eigenvalue weighted by molar-refractivity contribution is -0.139. The molecule has 3 heterocycles. The minimum Gasteiger partial charge on any atom is -0.497 e. The van der Waals surface area contributed by atoms with Crippen LogP contribution in [0.15, 0.2) is 41.2 Å². The Morgan fingerprint density at radius 2 is 1.97 bits per heavy atom. The summed E-state index contributed by atoms with van der Waals surface area (Å²) in [5, 5.41) is 4.47. The van der Waals surface area contributed by atoms with Crippen LogP contribution in [0.2, 0.25) is 0 Å². The minimum atomic E-state index is -0.172. The summed E-state index contributed by atoms with van der Waals surface area (Å²) in [4.78, 5) is 25.2. The third-order valence-electron chi connectivity index (χ3n) is 8.81. The second kappa shape index (κ2) is 7.42. The van der Waals surface area contributed by atoms with Gasteiger partial charge >= 0.3 is 0 Å². The molecule has 1 amide bonds. The highest BCUT2D eigenvalue weighted by atomic mass is 16.5. The zero-order chi connectivity index (χ0) is 22.9. The van der Waals surface area contributed by atoms with Gasteiger partial charge in [0.25, 0.3) is 0 Å². The summed E-state index contributed by atoms with van der Waals surface area (Å²) < 4.78 is 13.4. The zero-order valence-electron chi connectivity index (χ0n) is 19.4. The lowest BCUT2D eigenvalue weighted by atomic mass is 9.78. The number of benzene rings is 1. The molecule has 2 bridgehead atoms. The summed E-state index contributed by atoms with van der Waals surface area (Å²) in [5.74, 6) is 4.31. The van der Waals surface area contributed by atoms with E-state index in [9.17, 15) is 4.79 Å². The Balaban J connectivity index is 1.16. The number of ether oxygens (including phenoxy) is 1. The molecule has 1 aromatic carbocycles. The van der Waals surface area contributed by atoms with Gasteiger partial charge in [0.2, 0.25) is 11.8 Å². The first-order valence-corrected chi connectivity index (χ1v) is 12.4. The molecular formula is C26H29N5O3. The molecule has 8 heteroatoms. The summed E-state index contributed by atoms with van der Waals surface area (Å²) in [7, 11) is 1.68. The standard InChI is InChI=1S/C26H29N5O3/c1-33-19-6-4-18(5-7-19)26(8-9-26)25-28-23(34-29-25)21-16-2-3-17(14-16)22(21)24(32)31-13-12-30-11-10-27-20(30)15-31/h4-7,10-11,16-17,21-22H,2-3,8-9,12-15H2,1H3/t16-,17+,21+,22+/m1/s1. The number of imidazole rings is 1. The molecule has 176 valence electrons. The molecule has 0 radical (unpaired) electrons. The van der Waals surface area contributed by atoms with Crippen LogP contribution in [0.4, 0.5) is 0 Å². The maximum absolute atomic E-state index is 13.8. The summed E-state index contributed by atoms with van der Waals surface area (Å²) in [6.45, 7) is 2.13. The van der Waals surface area contributed by atoms with Gasteiger partial charge in [-0.3, -0.25) is 4.79 Å². The van der Waals surface area contributed by atoms with E-state index in [4.69, 9.17) is 14.2 Å². The average molecular weight is 460 g/mol. The van der Waals surface area contributed by atoms with E-state index in [1.54, 1.807) is 7.11 Å². The van der Waals surface area contributed by atoms with Gasteiger partial charge in [0, 0.05) is 25.5 Å². The largest absolute Gasteiger partial charge is 0.497 e. The molecule has 7 rings (SSSR count). The van der Waals surface area contributed by atoms with Crippen molar-refractivity contribution in [2.75, 3.05) is 13.7 Å². The molecule has 0 spiro atoms. The molecule has 1 aliphatic heterocycles. The molecule has 3 aromatic rings. The Morgan fingerprint density at radius 1 is 1.15 bits per heavy atom. The van der Waals surface area contributed by atoms with E-state index in [0.717, 1.165) is 62.6 Å². The van der Waals surface area contributed by atoms with Gasteiger partial charge in [-0.05, 0) is 61.6 Å². The predicted molar refractivity (Wildman–Crippen MR) is 122 cm³/mol. The molecule has 0 N–H and O–H groups in total. The Morgan fingerprint density at radius 3 is 2.76 bits per heavy atom. The van der Waals surface area contributed by atoms with Gasteiger partial charge < -0.3 is 18.7 Å². The number of methoxy groups -OCH3 is 1. The summed E-state index contributed by atoms with van der Waals surface area (Å²) in [6, 6.07) is 8.19. The van der Waals surface area contributed by atoms with Crippen LogP contribution in [-0.2, 0) is 23.3 Å². The Kier molecular flexibility index (Phi) is 4.41. The number of carbonyl (C=O) groups excluding carboxylic acids is 1. The van der Waals surface area contributed by atoms with E-state index in [1.165, 1.54) is 5.56 Å². The lowest BCUT2D eigenvalue weighted by Crippen LogP contribution is -2.44. The van der Waals surface area contributed by atoms with Crippen LogP contribution in [0, 0.1) is 17.8 Å². The molecule has 0 saturated heterocycles. The van der Waals surface area contributed by atoms with E-state index >= 15 is 0 Å². The number of nitrogens with zero attached hydrogens (tertiary/aromatic N) is 5. The van der Waals surface area contributed by atoms with Crippen molar-refractivity contribution in [3.8, 4) is 5.75 Å². The Hall–Kier alpha value is -3.16. The molecule has 4 aliphatic rings. The number of amides is 1. The first-order chi connectivity index (χ1) is 16.7. The molecule has 3 saturated carbocycles. The van der Waals surface area contributed by atoms with Crippen molar-refractivity contribution in [2.45, 2.75) is 56.5 Å². The van der Waals surface area contributed by atoms with Crippen LogP contribution in [0.3, 0.4) is 0 Å². The van der Waals surface area contributed by atoms with Gasteiger partial charge in [0.05, 0.1) is 30.9 Å². The van der Waals surface area contributed by atoms with E-state index in [0.29, 0.717) is 24.3 Å². The first kappa shape index (κ1) is 20.2. The second-order valence-electron chi connectivity index (χ2n) is 10.4. The molecular weight excluding hydrogens is 430 g/mol. The SMILES string of the molecule is COc1ccc(C2(c3noc([C@H]4[C@@H]5CC[C@@H](C5)[C@@H]4C(=O)N4CCn5ccnc5C4)n3)CC2)cc1. The second-order valence-corrected chi connectivity index (χ2v) is 10.4. The molecule has 3 aliphatic carbocycles. The number of aromatic nitrogens is 4. The molecule has 34 heavy (non-hydrogen) atoms. The van der Waals surface area contributed by atoms with Crippen molar-refractivity contribution in [2.24, 2.45) is 17.8 Å². The van der Waals surface area contributed by atoms with Gasteiger partial charge in [-0.25, -0.2) is 4.98 Å². The van der Waals surface area contributed by atoms with Crippen molar-refractivity contribution in [1.29, 1.82) is 0 Å². The van der Waals surface area contributed by atoms with Crippen molar-refractivity contribution in [3.05, 3.63) is 59.8 Å². The summed E-state index contributed by atoms with van der Waals surface area (Å²) >= 11 is 0. The zero-order valence-corrected chi connectivity index (χ0v) is 19.4. The highest BCUT2D eigenvalue weighted by molar-refractivity contribution is 5.81. The smallest absolute Gasteiger partial charge is 0.230 e. The van der Waals surface area contributed by atoms with Crippen LogP contribution < -0.4 is 4.74 Å². The number of rotatable bonds is 5. The van der Waals surface area contributed by atoms with Crippen LogP contribution in [0.25, 0.3) is 0 Å². The van der Waals surface area contributed by atoms with Gasteiger partial charge in [-0.1, -0.05) is 17.3 Å². The monoisotopic (exact) mass is 459 g/mol. The fourth-order valence-corrected chi connectivity index (χ4v) is 6.82. The first-order valence-electron chi connectivity index (χ1n) is 12.4. The highest BCUT2D eigenvalue weighted by Crippen LogP contribution is 2.58. The molecule has 8 nitrogen and oxygen atoms in total. The van der Waals surface area contributed by atoms with Crippen LogP contribution in [0.1, 0.15) is 61.1 Å². The summed E-state index contributed by atoms with van der Waals surface area (Å²) in [5.41, 5.74) is 1.03. The van der Waals surface area contributed by atoms with E-state index in [2.05, 4.69) is 26.8 Å². The minimum absolute atomic E-state index is 0.0286. The number of fused-ring (bicyclic) bond motifs is 3. The Bertz CT molecular complexity index is 1230. The fraction of sp³-hybridized carbons (Fsp3) is 0.538. The van der Waals surface area contributed by atoms with Crippen LogP contribution in [0.5, 0.6) is 5.75 Å². The lowest BCUT2D eigenvalue weighted by Gasteiger charge is -2.35. The molecule has 4 atom stereocenters. The molecule has 3 fully saturated rings. The quantitative estimate of drug-likeness (QED) is 0.580. The normalized spacial score (nSPS) is 28.7. The van der Waals surface area contributed by atoms with Crippen LogP contribution in [-0.4, -0.2) is 44.2 Å². The molecule has 0 unspecified atom stereocenters. The maximum atomic E-state index is 13.8. The third kappa shape index (κ3) is 2.96. The number of hydrogen-bond donors (Lipinski definition) is 0. The highest BCUT2D eigenvalue weighted by Gasteiger charge is 2.56. The van der Waals surface area contributed by atoms with Gasteiger partial charge in [-0.2, -0.15) is 4.98 Å². The molecule has 2 aromatic heterocycles. The van der Waals surface area contributed by atoms with Gasteiger partial charge in [-0.15, -0.1) is 0 Å². The van der Waals surface area contributed by atoms with Crippen molar-refractivity contribution in [3.63, 3.8) is 0 Å². The average Bonchev–Trinajstić information content (AvgIpc) is 3.34. The van der Waals surface area contributed by atoms with E-state index in [-0.39, 0.29) is 23.2 Å².